The second-order valence-electron chi connectivity index (χ2n) is 5.95. The van der Waals surface area contributed by atoms with E-state index < -0.39 is 5.91 Å². The van der Waals surface area contributed by atoms with Crippen LogP contribution in [0.15, 0.2) is 77.6 Å². The number of hydrogen-bond donors (Lipinski definition) is 1. The van der Waals surface area contributed by atoms with Gasteiger partial charge in [-0.05, 0) is 17.7 Å². The van der Waals surface area contributed by atoms with E-state index in [9.17, 15) is 9.18 Å². The Morgan fingerprint density at radius 1 is 1.11 bits per heavy atom. The number of halogens is 1. The van der Waals surface area contributed by atoms with Crippen LogP contribution in [0.4, 0.5) is 10.1 Å². The molecule has 7 heteroatoms. The molecule has 4 aromatic rings. The molecule has 0 bridgehead atoms. The quantitative estimate of drug-likeness (QED) is 0.583. The van der Waals surface area contributed by atoms with Crippen LogP contribution in [0.25, 0.3) is 11.3 Å². The van der Waals surface area contributed by atoms with Gasteiger partial charge in [-0.3, -0.25) is 9.48 Å². The molecule has 2 aromatic carbocycles. The molecule has 0 spiro atoms. The van der Waals surface area contributed by atoms with Crippen LogP contribution < -0.4 is 5.32 Å². The molecule has 0 aliphatic rings. The highest BCUT2D eigenvalue weighted by Crippen LogP contribution is 2.21. The van der Waals surface area contributed by atoms with Crippen LogP contribution in [0.2, 0.25) is 0 Å². The number of aromatic nitrogens is 3. The van der Waals surface area contributed by atoms with E-state index in [1.54, 1.807) is 29.2 Å². The number of nitrogens with one attached hydrogen (secondary N) is 1. The summed E-state index contributed by atoms with van der Waals surface area (Å²) in [5.74, 6) is -0.499. The molecule has 6 nitrogen and oxygen atoms in total. The fourth-order valence-corrected chi connectivity index (χ4v) is 2.64. The molecule has 2 heterocycles. The molecule has 0 saturated heterocycles. The summed E-state index contributed by atoms with van der Waals surface area (Å²) in [4.78, 5) is 12.3. The maximum absolute atomic E-state index is 13.3. The molecule has 1 N–H and O–H groups in total. The minimum atomic E-state index is -0.430. The van der Waals surface area contributed by atoms with Gasteiger partial charge in [0.15, 0.2) is 11.5 Å². The number of amides is 1. The van der Waals surface area contributed by atoms with Gasteiger partial charge in [0.25, 0.3) is 5.91 Å². The number of hydrogen-bond acceptors (Lipinski definition) is 4. The molecule has 0 saturated carbocycles. The van der Waals surface area contributed by atoms with E-state index in [4.69, 9.17) is 4.52 Å². The first-order valence-electron chi connectivity index (χ1n) is 8.28. The number of carbonyl (C=O) groups is 1. The van der Waals surface area contributed by atoms with E-state index in [-0.39, 0.29) is 11.5 Å². The van der Waals surface area contributed by atoms with Crippen LogP contribution in [-0.2, 0) is 6.54 Å². The van der Waals surface area contributed by atoms with Crippen molar-refractivity contribution in [2.45, 2.75) is 6.54 Å². The van der Waals surface area contributed by atoms with Crippen molar-refractivity contribution in [2.24, 2.45) is 0 Å². The van der Waals surface area contributed by atoms with Crippen molar-refractivity contribution in [3.8, 4) is 11.3 Å². The fourth-order valence-electron chi connectivity index (χ4n) is 2.64. The Morgan fingerprint density at radius 3 is 2.78 bits per heavy atom. The summed E-state index contributed by atoms with van der Waals surface area (Å²) >= 11 is 0. The van der Waals surface area contributed by atoms with Crippen molar-refractivity contribution in [3.05, 3.63) is 90.1 Å². The minimum absolute atomic E-state index is 0.102. The predicted octanol–water partition coefficient (Wildman–Crippen LogP) is 3.98. The van der Waals surface area contributed by atoms with Gasteiger partial charge in [-0.2, -0.15) is 5.10 Å². The molecule has 0 fully saturated rings. The van der Waals surface area contributed by atoms with Crippen LogP contribution in [0.3, 0.4) is 0 Å². The Morgan fingerprint density at radius 2 is 1.96 bits per heavy atom. The van der Waals surface area contributed by atoms with Crippen LogP contribution in [0.5, 0.6) is 0 Å². The normalized spacial score (nSPS) is 10.7. The zero-order valence-corrected chi connectivity index (χ0v) is 14.2. The first-order valence-corrected chi connectivity index (χ1v) is 8.28. The average molecular weight is 362 g/mol. The van der Waals surface area contributed by atoms with Gasteiger partial charge in [-0.1, -0.05) is 47.6 Å². The van der Waals surface area contributed by atoms with E-state index in [1.807, 2.05) is 30.3 Å². The molecule has 0 aliphatic heterocycles. The van der Waals surface area contributed by atoms with E-state index >= 15 is 0 Å². The Bertz CT molecular complexity index is 1070. The third-order valence-corrected chi connectivity index (χ3v) is 3.93. The number of rotatable bonds is 5. The number of nitrogens with zero attached hydrogens (tertiary/aromatic N) is 3. The van der Waals surface area contributed by atoms with Gasteiger partial charge in [-0.15, -0.1) is 0 Å². The van der Waals surface area contributed by atoms with E-state index in [0.717, 1.165) is 5.56 Å². The zero-order valence-electron chi connectivity index (χ0n) is 14.2. The standard InChI is InChI=1S/C20H15FN4O2/c21-16-8-4-7-15(9-16)19-10-18(24-27-19)20(26)23-17-11-22-25(13-17)12-14-5-2-1-3-6-14/h1-11,13H,12H2,(H,23,26). The summed E-state index contributed by atoms with van der Waals surface area (Å²) in [6, 6.07) is 17.2. The second kappa shape index (κ2) is 7.25. The van der Waals surface area contributed by atoms with Crippen molar-refractivity contribution in [3.63, 3.8) is 0 Å². The molecule has 0 aliphatic carbocycles. The van der Waals surface area contributed by atoms with Gasteiger partial charge in [0.2, 0.25) is 0 Å². The molecule has 4 rings (SSSR count). The average Bonchev–Trinajstić information content (AvgIpc) is 3.32. The summed E-state index contributed by atoms with van der Waals surface area (Å²) in [6.07, 6.45) is 3.30. The fraction of sp³-hybridized carbons (Fsp3) is 0.0500. The molecule has 1 amide bonds. The van der Waals surface area contributed by atoms with Crippen molar-refractivity contribution >= 4 is 11.6 Å². The van der Waals surface area contributed by atoms with Crippen LogP contribution in [-0.4, -0.2) is 20.8 Å². The minimum Gasteiger partial charge on any atom is -0.355 e. The molecule has 27 heavy (non-hydrogen) atoms. The Balaban J connectivity index is 1.44. The van der Waals surface area contributed by atoms with Crippen LogP contribution >= 0.6 is 0 Å². The van der Waals surface area contributed by atoms with Crippen LogP contribution in [0.1, 0.15) is 16.1 Å². The predicted molar refractivity (Wildman–Crippen MR) is 97.6 cm³/mol. The number of carbonyl (C=O) groups excluding carboxylic acids is 1. The summed E-state index contributed by atoms with van der Waals surface area (Å²) in [6.45, 7) is 0.602. The lowest BCUT2D eigenvalue weighted by Gasteiger charge is -2.01. The van der Waals surface area contributed by atoms with Crippen molar-refractivity contribution in [1.29, 1.82) is 0 Å². The van der Waals surface area contributed by atoms with Crippen LogP contribution in [0, 0.1) is 5.82 Å². The first-order chi connectivity index (χ1) is 13.2. The first kappa shape index (κ1) is 16.7. The number of benzene rings is 2. The second-order valence-corrected chi connectivity index (χ2v) is 5.95. The molecular formula is C20H15FN4O2. The van der Waals surface area contributed by atoms with Gasteiger partial charge < -0.3 is 9.84 Å². The molecular weight excluding hydrogens is 347 g/mol. The molecule has 2 aromatic heterocycles. The van der Waals surface area contributed by atoms with Gasteiger partial charge in [-0.25, -0.2) is 4.39 Å². The highest BCUT2D eigenvalue weighted by molar-refractivity contribution is 6.03. The Kier molecular flexibility index (Phi) is 4.49. The molecule has 0 radical (unpaired) electrons. The SMILES string of the molecule is O=C(Nc1cnn(Cc2ccccc2)c1)c1cc(-c2cccc(F)c2)on1. The lowest BCUT2D eigenvalue weighted by molar-refractivity contribution is 0.101. The van der Waals surface area contributed by atoms with E-state index in [1.165, 1.54) is 18.2 Å². The summed E-state index contributed by atoms with van der Waals surface area (Å²) < 4.78 is 20.2. The van der Waals surface area contributed by atoms with Crippen molar-refractivity contribution in [2.75, 3.05) is 5.32 Å². The maximum Gasteiger partial charge on any atom is 0.277 e. The summed E-state index contributed by atoms with van der Waals surface area (Å²) in [5, 5.41) is 10.7. The summed E-state index contributed by atoms with van der Waals surface area (Å²) in [5.41, 5.74) is 2.27. The topological polar surface area (TPSA) is 73.0 Å². The van der Waals surface area contributed by atoms with Gasteiger partial charge in [0, 0.05) is 17.8 Å². The largest absolute Gasteiger partial charge is 0.355 e. The third kappa shape index (κ3) is 3.92. The third-order valence-electron chi connectivity index (χ3n) is 3.93. The Hall–Kier alpha value is -3.74. The van der Waals surface area contributed by atoms with Crippen molar-refractivity contribution < 1.29 is 13.7 Å². The van der Waals surface area contributed by atoms with Gasteiger partial charge >= 0.3 is 0 Å². The van der Waals surface area contributed by atoms with E-state index in [0.29, 0.717) is 23.6 Å². The molecule has 0 atom stereocenters. The zero-order chi connectivity index (χ0) is 18.6. The highest BCUT2D eigenvalue weighted by Gasteiger charge is 2.15. The summed E-state index contributed by atoms with van der Waals surface area (Å²) in [7, 11) is 0. The lowest BCUT2D eigenvalue weighted by atomic mass is 10.1. The maximum atomic E-state index is 13.3. The Labute approximate surface area is 154 Å². The van der Waals surface area contributed by atoms with E-state index in [2.05, 4.69) is 15.6 Å². The lowest BCUT2D eigenvalue weighted by Crippen LogP contribution is -2.11. The molecule has 134 valence electrons. The van der Waals surface area contributed by atoms with Gasteiger partial charge in [0.05, 0.1) is 18.4 Å². The smallest absolute Gasteiger partial charge is 0.277 e. The number of anilines is 1. The monoisotopic (exact) mass is 362 g/mol. The van der Waals surface area contributed by atoms with Crippen molar-refractivity contribution in [1.82, 2.24) is 14.9 Å². The van der Waals surface area contributed by atoms with Gasteiger partial charge in [0.1, 0.15) is 5.82 Å². The highest BCUT2D eigenvalue weighted by atomic mass is 19.1. The molecule has 0 unspecified atom stereocenters.